The topological polar surface area (TPSA) is 72.6 Å². The summed E-state index contributed by atoms with van der Waals surface area (Å²) < 4.78 is 4.89. The van der Waals surface area contributed by atoms with E-state index in [-0.39, 0.29) is 17.3 Å². The van der Waals surface area contributed by atoms with Crippen LogP contribution in [0.15, 0.2) is 12.1 Å². The van der Waals surface area contributed by atoms with Crippen molar-refractivity contribution >= 4 is 29.9 Å². The SMILES string of the molecule is O=[N+]([O-])c1cc2c(cc1Cl)B(O)OC2. The van der Waals surface area contributed by atoms with Crippen LogP contribution in [0.1, 0.15) is 5.56 Å². The van der Waals surface area contributed by atoms with Crippen LogP contribution in [0.2, 0.25) is 5.02 Å². The van der Waals surface area contributed by atoms with E-state index in [0.717, 1.165) is 0 Å². The molecule has 1 aliphatic heterocycles. The second-order valence-corrected chi connectivity index (χ2v) is 3.33. The first-order valence-electron chi connectivity index (χ1n) is 3.86. The van der Waals surface area contributed by atoms with E-state index in [4.69, 9.17) is 16.3 Å². The summed E-state index contributed by atoms with van der Waals surface area (Å²) in [5.41, 5.74) is 0.942. The van der Waals surface area contributed by atoms with Crippen LogP contribution in [0.3, 0.4) is 0 Å². The molecule has 0 saturated heterocycles. The molecule has 72 valence electrons. The molecule has 0 fully saturated rings. The zero-order valence-corrected chi connectivity index (χ0v) is 7.69. The number of fused-ring (bicyclic) bond motifs is 1. The lowest BCUT2D eigenvalue weighted by molar-refractivity contribution is -0.384. The summed E-state index contributed by atoms with van der Waals surface area (Å²) in [5, 5.41) is 19.8. The van der Waals surface area contributed by atoms with E-state index < -0.39 is 12.0 Å². The highest BCUT2D eigenvalue weighted by Crippen LogP contribution is 2.26. The fourth-order valence-corrected chi connectivity index (χ4v) is 1.61. The van der Waals surface area contributed by atoms with E-state index in [2.05, 4.69) is 0 Å². The Morgan fingerprint density at radius 3 is 3.00 bits per heavy atom. The molecule has 0 aliphatic carbocycles. The van der Waals surface area contributed by atoms with Gasteiger partial charge in [0.1, 0.15) is 5.02 Å². The summed E-state index contributed by atoms with van der Waals surface area (Å²) in [6.07, 6.45) is 0. The molecule has 0 saturated carbocycles. The Morgan fingerprint density at radius 2 is 2.36 bits per heavy atom. The summed E-state index contributed by atoms with van der Waals surface area (Å²) in [5.74, 6) is 0. The molecule has 0 bridgehead atoms. The molecule has 1 aromatic rings. The molecule has 5 nitrogen and oxygen atoms in total. The van der Waals surface area contributed by atoms with Crippen molar-refractivity contribution in [1.29, 1.82) is 0 Å². The number of nitrogens with zero attached hydrogens (tertiary/aromatic N) is 1. The number of hydrogen-bond acceptors (Lipinski definition) is 4. The van der Waals surface area contributed by atoms with Crippen LogP contribution >= 0.6 is 11.6 Å². The van der Waals surface area contributed by atoms with Gasteiger partial charge in [-0.1, -0.05) is 11.6 Å². The average Bonchev–Trinajstić information content (AvgIpc) is 2.46. The van der Waals surface area contributed by atoms with Gasteiger partial charge in [-0.15, -0.1) is 0 Å². The molecular weight excluding hydrogens is 208 g/mol. The predicted molar refractivity (Wildman–Crippen MR) is 50.5 cm³/mol. The first-order valence-corrected chi connectivity index (χ1v) is 4.24. The fourth-order valence-electron chi connectivity index (χ4n) is 1.37. The predicted octanol–water partition coefficient (Wildman–Crippen LogP) is 0.466. The van der Waals surface area contributed by atoms with Gasteiger partial charge in [0.05, 0.1) is 11.5 Å². The normalized spacial score (nSPS) is 14.3. The maximum absolute atomic E-state index is 10.5. The Kier molecular flexibility index (Phi) is 2.18. The van der Waals surface area contributed by atoms with Crippen molar-refractivity contribution in [2.24, 2.45) is 0 Å². The van der Waals surface area contributed by atoms with Gasteiger partial charge in [-0.05, 0) is 17.1 Å². The number of hydrogen-bond donors (Lipinski definition) is 1. The third-order valence-corrected chi connectivity index (χ3v) is 2.37. The molecule has 14 heavy (non-hydrogen) atoms. The van der Waals surface area contributed by atoms with Crippen molar-refractivity contribution in [3.63, 3.8) is 0 Å². The maximum Gasteiger partial charge on any atom is 0.491 e. The lowest BCUT2D eigenvalue weighted by atomic mass is 9.79. The van der Waals surface area contributed by atoms with Gasteiger partial charge in [0.2, 0.25) is 0 Å². The van der Waals surface area contributed by atoms with Crippen molar-refractivity contribution in [3.05, 3.63) is 32.8 Å². The van der Waals surface area contributed by atoms with Gasteiger partial charge < -0.3 is 9.68 Å². The Labute approximate surface area is 84.5 Å². The van der Waals surface area contributed by atoms with Gasteiger partial charge in [-0.3, -0.25) is 10.1 Å². The maximum atomic E-state index is 10.5. The lowest BCUT2D eigenvalue weighted by Crippen LogP contribution is -2.28. The summed E-state index contributed by atoms with van der Waals surface area (Å²) in [4.78, 5) is 9.96. The van der Waals surface area contributed by atoms with Crippen LogP contribution in [-0.4, -0.2) is 17.1 Å². The first kappa shape index (κ1) is 9.45. The van der Waals surface area contributed by atoms with E-state index in [1.54, 1.807) is 0 Å². The van der Waals surface area contributed by atoms with E-state index in [0.29, 0.717) is 11.0 Å². The molecule has 1 aliphatic rings. The van der Waals surface area contributed by atoms with Gasteiger partial charge in [-0.2, -0.15) is 0 Å². The molecule has 0 spiro atoms. The van der Waals surface area contributed by atoms with Crippen molar-refractivity contribution in [3.8, 4) is 0 Å². The molecule has 2 rings (SSSR count). The second-order valence-electron chi connectivity index (χ2n) is 2.92. The van der Waals surface area contributed by atoms with Gasteiger partial charge in [0.15, 0.2) is 0 Å². The summed E-state index contributed by atoms with van der Waals surface area (Å²) in [7, 11) is -1.02. The number of halogens is 1. The van der Waals surface area contributed by atoms with E-state index in [9.17, 15) is 15.1 Å². The highest BCUT2D eigenvalue weighted by atomic mass is 35.5. The molecule has 1 heterocycles. The highest BCUT2D eigenvalue weighted by molar-refractivity contribution is 6.62. The van der Waals surface area contributed by atoms with Crippen LogP contribution in [-0.2, 0) is 11.3 Å². The van der Waals surface area contributed by atoms with Crippen LogP contribution in [0.4, 0.5) is 5.69 Å². The first-order chi connectivity index (χ1) is 6.59. The van der Waals surface area contributed by atoms with Crippen LogP contribution in [0.5, 0.6) is 0 Å². The molecule has 0 amide bonds. The zero-order chi connectivity index (χ0) is 10.3. The number of nitro groups is 1. The number of nitro benzene ring substituents is 1. The molecule has 7 heteroatoms. The van der Waals surface area contributed by atoms with Crippen molar-refractivity contribution in [2.75, 3.05) is 0 Å². The van der Waals surface area contributed by atoms with Crippen molar-refractivity contribution in [2.45, 2.75) is 6.61 Å². The minimum Gasteiger partial charge on any atom is -0.423 e. The monoisotopic (exact) mass is 213 g/mol. The van der Waals surface area contributed by atoms with Crippen molar-refractivity contribution in [1.82, 2.24) is 0 Å². The minimum absolute atomic E-state index is 0.0123. The molecule has 0 aromatic heterocycles. The lowest BCUT2D eigenvalue weighted by Gasteiger charge is -1.99. The van der Waals surface area contributed by atoms with Crippen LogP contribution in [0, 0.1) is 10.1 Å². The quantitative estimate of drug-likeness (QED) is 0.418. The molecule has 1 N–H and O–H groups in total. The van der Waals surface area contributed by atoms with E-state index >= 15 is 0 Å². The highest BCUT2D eigenvalue weighted by Gasteiger charge is 2.30. The zero-order valence-electron chi connectivity index (χ0n) is 6.94. The Morgan fingerprint density at radius 1 is 1.64 bits per heavy atom. The van der Waals surface area contributed by atoms with Crippen LogP contribution in [0.25, 0.3) is 0 Å². The second kappa shape index (κ2) is 3.23. The summed E-state index contributed by atoms with van der Waals surface area (Å²) >= 11 is 5.66. The molecule has 1 aromatic carbocycles. The van der Waals surface area contributed by atoms with Crippen LogP contribution < -0.4 is 5.46 Å². The third-order valence-electron chi connectivity index (χ3n) is 2.07. The fraction of sp³-hybridized carbons (Fsp3) is 0.143. The number of benzene rings is 1. The Bertz CT molecular complexity index is 411. The standard InChI is InChI=1S/C7H5BClNO4/c9-6-2-5-4(3-14-8(5)11)1-7(6)10(12)13/h1-2,11H,3H2. The minimum atomic E-state index is -1.02. The van der Waals surface area contributed by atoms with E-state index in [1.807, 2.05) is 0 Å². The van der Waals surface area contributed by atoms with Gasteiger partial charge in [0, 0.05) is 6.07 Å². The third kappa shape index (κ3) is 1.37. The average molecular weight is 213 g/mol. The number of rotatable bonds is 1. The Balaban J connectivity index is 2.55. The largest absolute Gasteiger partial charge is 0.491 e. The molecule has 0 radical (unpaired) electrons. The smallest absolute Gasteiger partial charge is 0.423 e. The molecule has 0 unspecified atom stereocenters. The van der Waals surface area contributed by atoms with Gasteiger partial charge in [0.25, 0.3) is 5.69 Å². The molecule has 0 atom stereocenters. The van der Waals surface area contributed by atoms with Crippen molar-refractivity contribution < 1.29 is 14.6 Å². The van der Waals surface area contributed by atoms with Gasteiger partial charge in [-0.25, -0.2) is 0 Å². The molecular formula is C7H5BClNO4. The summed E-state index contributed by atoms with van der Waals surface area (Å²) in [6, 6.07) is 2.70. The summed E-state index contributed by atoms with van der Waals surface area (Å²) in [6.45, 7) is 0.175. The van der Waals surface area contributed by atoms with E-state index in [1.165, 1.54) is 12.1 Å². The Hall–Kier alpha value is -1.11. The van der Waals surface area contributed by atoms with Gasteiger partial charge >= 0.3 is 7.12 Å².